The van der Waals surface area contributed by atoms with Gasteiger partial charge in [-0.15, -0.1) is 0 Å². The number of hydrogen-bond donors (Lipinski definition) is 4. The number of carboxylic acid groups (broad SMARTS) is 3. The van der Waals surface area contributed by atoms with E-state index in [1.165, 1.54) is 4.90 Å². The van der Waals surface area contributed by atoms with Crippen molar-refractivity contribution in [2.45, 2.75) is 32.7 Å². The Morgan fingerprint density at radius 2 is 1.47 bits per heavy atom. The second kappa shape index (κ2) is 11.4. The second-order valence-corrected chi connectivity index (χ2v) is 3.59. The molecule has 0 rings (SSSR count). The first-order valence-electron chi connectivity index (χ1n) is 5.97. The molecule has 0 aliphatic heterocycles. The van der Waals surface area contributed by atoms with Crippen molar-refractivity contribution in [2.24, 2.45) is 5.73 Å². The van der Waals surface area contributed by atoms with Gasteiger partial charge in [-0.2, -0.15) is 0 Å². The van der Waals surface area contributed by atoms with E-state index < -0.39 is 37.0 Å². The quantitative estimate of drug-likeness (QED) is 0.449. The number of rotatable bonds is 9. The van der Waals surface area contributed by atoms with Crippen LogP contribution in [0.15, 0.2) is 0 Å². The van der Waals surface area contributed by atoms with Crippen LogP contribution in [0.5, 0.6) is 0 Å². The molecule has 0 aliphatic rings. The van der Waals surface area contributed by atoms with Gasteiger partial charge >= 0.3 is 17.9 Å². The van der Waals surface area contributed by atoms with Gasteiger partial charge in [-0.1, -0.05) is 13.8 Å². The zero-order valence-electron chi connectivity index (χ0n) is 11.2. The van der Waals surface area contributed by atoms with E-state index in [4.69, 9.17) is 21.1 Å². The number of carboxylic acids is 3. The van der Waals surface area contributed by atoms with Gasteiger partial charge in [0.05, 0.1) is 13.1 Å². The molecule has 0 aromatic carbocycles. The van der Waals surface area contributed by atoms with Gasteiger partial charge in [0.1, 0.15) is 6.04 Å². The lowest BCUT2D eigenvalue weighted by Crippen LogP contribution is -2.36. The molecule has 0 saturated heterocycles. The monoisotopic (exact) mass is 278 g/mol. The smallest absolute Gasteiger partial charge is 0.320 e. The minimum absolute atomic E-state index is 0.172. The molecule has 0 aromatic rings. The molecule has 19 heavy (non-hydrogen) atoms. The maximum Gasteiger partial charge on any atom is 0.320 e. The fourth-order valence-electron chi connectivity index (χ4n) is 1.25. The average molecular weight is 278 g/mol. The van der Waals surface area contributed by atoms with Crippen molar-refractivity contribution in [1.29, 1.82) is 0 Å². The molecule has 0 bridgehead atoms. The van der Waals surface area contributed by atoms with E-state index in [2.05, 4.69) is 0 Å². The Balaban J connectivity index is 0. The first-order chi connectivity index (χ1) is 8.82. The molecule has 0 heterocycles. The van der Waals surface area contributed by atoms with Crippen molar-refractivity contribution < 1.29 is 29.7 Å². The van der Waals surface area contributed by atoms with E-state index in [0.29, 0.717) is 6.42 Å². The van der Waals surface area contributed by atoms with E-state index in [1.54, 1.807) is 0 Å². The standard InChI is InChI=1S/C9H16N2O6.C2H6/c10-6(9(16)17)2-1-3-11(4-7(12)13)5-8(14)15;1-2/h6H,1-5,10H2,(H,12,13)(H,14,15)(H,16,17);1-2H3. The number of nitrogens with zero attached hydrogens (tertiary/aromatic N) is 1. The van der Waals surface area contributed by atoms with Crippen molar-refractivity contribution in [2.75, 3.05) is 19.6 Å². The van der Waals surface area contributed by atoms with Crippen molar-refractivity contribution in [3.63, 3.8) is 0 Å². The number of nitrogens with two attached hydrogens (primary N) is 1. The summed E-state index contributed by atoms with van der Waals surface area (Å²) in [5, 5.41) is 25.6. The number of carbonyl (C=O) groups is 3. The minimum atomic E-state index is -1.13. The lowest BCUT2D eigenvalue weighted by Gasteiger charge is -2.18. The van der Waals surface area contributed by atoms with Gasteiger partial charge < -0.3 is 21.1 Å². The summed E-state index contributed by atoms with van der Waals surface area (Å²) in [5.41, 5.74) is 5.25. The highest BCUT2D eigenvalue weighted by molar-refractivity contribution is 5.73. The largest absolute Gasteiger partial charge is 0.480 e. The lowest BCUT2D eigenvalue weighted by molar-refractivity contribution is -0.142. The molecule has 0 amide bonds. The minimum Gasteiger partial charge on any atom is -0.480 e. The highest BCUT2D eigenvalue weighted by Gasteiger charge is 2.15. The Morgan fingerprint density at radius 3 is 1.79 bits per heavy atom. The normalized spacial score (nSPS) is 11.4. The zero-order valence-corrected chi connectivity index (χ0v) is 11.2. The van der Waals surface area contributed by atoms with Crippen LogP contribution >= 0.6 is 0 Å². The van der Waals surface area contributed by atoms with Crippen LogP contribution in [-0.4, -0.2) is 63.8 Å². The second-order valence-electron chi connectivity index (χ2n) is 3.59. The Morgan fingerprint density at radius 1 is 1.05 bits per heavy atom. The van der Waals surface area contributed by atoms with Crippen LogP contribution < -0.4 is 5.73 Å². The Hall–Kier alpha value is -1.67. The van der Waals surface area contributed by atoms with E-state index in [1.807, 2.05) is 13.8 Å². The zero-order chi connectivity index (χ0) is 15.4. The maximum atomic E-state index is 10.4. The van der Waals surface area contributed by atoms with Crippen LogP contribution in [-0.2, 0) is 14.4 Å². The summed E-state index contributed by atoms with van der Waals surface area (Å²) >= 11 is 0. The average Bonchev–Trinajstić information content (AvgIpc) is 2.29. The molecule has 5 N–H and O–H groups in total. The molecule has 0 radical (unpaired) electrons. The summed E-state index contributed by atoms with van der Waals surface area (Å²) in [6.45, 7) is 3.39. The summed E-state index contributed by atoms with van der Waals surface area (Å²) in [6.07, 6.45) is 0.499. The number of aliphatic carboxylic acids is 3. The van der Waals surface area contributed by atoms with Gasteiger partial charge in [-0.05, 0) is 19.4 Å². The molecule has 1 atom stereocenters. The van der Waals surface area contributed by atoms with Gasteiger partial charge in [-0.3, -0.25) is 19.3 Å². The maximum absolute atomic E-state index is 10.4. The Kier molecular flexibility index (Phi) is 11.8. The molecule has 0 saturated carbocycles. The van der Waals surface area contributed by atoms with Crippen LogP contribution in [0.3, 0.4) is 0 Å². The first-order valence-corrected chi connectivity index (χ1v) is 5.97. The van der Waals surface area contributed by atoms with Crippen molar-refractivity contribution in [3.8, 4) is 0 Å². The molecule has 0 aliphatic carbocycles. The predicted molar refractivity (Wildman–Crippen MR) is 67.9 cm³/mol. The fourth-order valence-corrected chi connectivity index (χ4v) is 1.25. The van der Waals surface area contributed by atoms with Crippen LogP contribution in [0.1, 0.15) is 26.7 Å². The predicted octanol–water partition coefficient (Wildman–Crippen LogP) is -0.324. The highest BCUT2D eigenvalue weighted by atomic mass is 16.4. The van der Waals surface area contributed by atoms with E-state index in [9.17, 15) is 14.4 Å². The summed E-state index contributed by atoms with van der Waals surface area (Å²) in [5.74, 6) is -3.39. The molecule has 112 valence electrons. The van der Waals surface area contributed by atoms with Crippen LogP contribution in [0, 0.1) is 0 Å². The van der Waals surface area contributed by atoms with Crippen LogP contribution in [0.4, 0.5) is 0 Å². The summed E-state index contributed by atoms with van der Waals surface area (Å²) < 4.78 is 0. The van der Waals surface area contributed by atoms with E-state index in [0.717, 1.165) is 0 Å². The van der Waals surface area contributed by atoms with Crippen molar-refractivity contribution in [3.05, 3.63) is 0 Å². The number of hydrogen-bond acceptors (Lipinski definition) is 5. The molecule has 0 spiro atoms. The highest BCUT2D eigenvalue weighted by Crippen LogP contribution is 1.99. The molecule has 8 heteroatoms. The fraction of sp³-hybridized carbons (Fsp3) is 0.727. The topological polar surface area (TPSA) is 141 Å². The van der Waals surface area contributed by atoms with Crippen molar-refractivity contribution in [1.82, 2.24) is 4.90 Å². The van der Waals surface area contributed by atoms with Gasteiger partial charge in [0, 0.05) is 0 Å². The van der Waals surface area contributed by atoms with E-state index in [-0.39, 0.29) is 13.0 Å². The van der Waals surface area contributed by atoms with Gasteiger partial charge in [-0.25, -0.2) is 0 Å². The summed E-state index contributed by atoms with van der Waals surface area (Å²) in [4.78, 5) is 32.5. The Labute approximate surface area is 111 Å². The molecule has 8 nitrogen and oxygen atoms in total. The molecule has 0 fully saturated rings. The third-order valence-corrected chi connectivity index (χ3v) is 2.02. The van der Waals surface area contributed by atoms with Gasteiger partial charge in [0.25, 0.3) is 0 Å². The summed E-state index contributed by atoms with van der Waals surface area (Å²) in [7, 11) is 0. The molecule has 1 unspecified atom stereocenters. The molecule has 0 aromatic heterocycles. The molecular formula is C11H22N2O6. The summed E-state index contributed by atoms with van der Waals surface area (Å²) in [6, 6.07) is -1.01. The molecular weight excluding hydrogens is 256 g/mol. The van der Waals surface area contributed by atoms with Crippen molar-refractivity contribution >= 4 is 17.9 Å². The third kappa shape index (κ3) is 12.6. The van der Waals surface area contributed by atoms with Gasteiger partial charge in [0.15, 0.2) is 0 Å². The Bertz CT molecular complexity index is 279. The van der Waals surface area contributed by atoms with Crippen LogP contribution in [0.25, 0.3) is 0 Å². The van der Waals surface area contributed by atoms with E-state index >= 15 is 0 Å². The third-order valence-electron chi connectivity index (χ3n) is 2.02. The van der Waals surface area contributed by atoms with Crippen LogP contribution in [0.2, 0.25) is 0 Å². The first kappa shape index (κ1) is 19.7. The lowest BCUT2D eigenvalue weighted by atomic mass is 10.1. The SMILES string of the molecule is CC.NC(CCCN(CC(=O)O)CC(=O)O)C(=O)O. The van der Waals surface area contributed by atoms with Gasteiger partial charge in [0.2, 0.25) is 0 Å².